The summed E-state index contributed by atoms with van der Waals surface area (Å²) in [7, 11) is 1.51. The van der Waals surface area contributed by atoms with Gasteiger partial charge in [0.15, 0.2) is 0 Å². The van der Waals surface area contributed by atoms with Crippen molar-refractivity contribution in [2.75, 3.05) is 32.1 Å². The SMILES string of the molecule is COc1nc(Cl)nc(NCC2CCN(C(C)C)C2)n1. The Labute approximate surface area is 118 Å². The molecule has 1 aliphatic rings. The molecule has 6 nitrogen and oxygen atoms in total. The van der Waals surface area contributed by atoms with E-state index >= 15 is 0 Å². The Hall–Kier alpha value is -1.14. The topological polar surface area (TPSA) is 63.2 Å². The molecule has 0 spiro atoms. The summed E-state index contributed by atoms with van der Waals surface area (Å²) >= 11 is 5.80. The summed E-state index contributed by atoms with van der Waals surface area (Å²) in [4.78, 5) is 14.5. The van der Waals surface area contributed by atoms with Gasteiger partial charge in [-0.05, 0) is 44.3 Å². The van der Waals surface area contributed by atoms with Gasteiger partial charge in [0.05, 0.1) is 7.11 Å². The maximum absolute atomic E-state index is 5.80. The molecule has 1 unspecified atom stereocenters. The summed E-state index contributed by atoms with van der Waals surface area (Å²) in [5.74, 6) is 1.09. The van der Waals surface area contributed by atoms with Crippen molar-refractivity contribution in [2.24, 2.45) is 5.92 Å². The predicted molar refractivity (Wildman–Crippen MR) is 74.7 cm³/mol. The Kier molecular flexibility index (Phi) is 4.76. The van der Waals surface area contributed by atoms with Crippen molar-refractivity contribution in [3.8, 4) is 6.01 Å². The van der Waals surface area contributed by atoms with E-state index in [0.29, 0.717) is 17.9 Å². The minimum absolute atomic E-state index is 0.143. The van der Waals surface area contributed by atoms with Crippen LogP contribution in [-0.4, -0.2) is 52.6 Å². The number of nitrogens with zero attached hydrogens (tertiary/aromatic N) is 4. The molecule has 0 aromatic carbocycles. The van der Waals surface area contributed by atoms with Crippen molar-refractivity contribution in [1.82, 2.24) is 19.9 Å². The quantitative estimate of drug-likeness (QED) is 0.888. The highest BCUT2D eigenvalue weighted by atomic mass is 35.5. The average Bonchev–Trinajstić information content (AvgIpc) is 2.84. The molecule has 106 valence electrons. The molecule has 7 heteroatoms. The van der Waals surface area contributed by atoms with Crippen molar-refractivity contribution < 1.29 is 4.74 Å². The zero-order chi connectivity index (χ0) is 13.8. The highest BCUT2D eigenvalue weighted by molar-refractivity contribution is 6.28. The maximum atomic E-state index is 5.80. The van der Waals surface area contributed by atoms with Crippen LogP contribution in [0.3, 0.4) is 0 Å². The number of rotatable bonds is 5. The molecule has 0 aliphatic carbocycles. The van der Waals surface area contributed by atoms with Crippen LogP contribution in [0, 0.1) is 5.92 Å². The molecule has 0 bridgehead atoms. The Morgan fingerprint density at radius 3 is 2.84 bits per heavy atom. The molecule has 1 N–H and O–H groups in total. The van der Waals surface area contributed by atoms with Crippen LogP contribution < -0.4 is 10.1 Å². The van der Waals surface area contributed by atoms with Crippen LogP contribution in [0.15, 0.2) is 0 Å². The zero-order valence-electron chi connectivity index (χ0n) is 11.6. The van der Waals surface area contributed by atoms with Crippen molar-refractivity contribution in [1.29, 1.82) is 0 Å². The first-order chi connectivity index (χ1) is 9.08. The first kappa shape index (κ1) is 14.3. The number of likely N-dealkylation sites (tertiary alicyclic amines) is 1. The smallest absolute Gasteiger partial charge is 0.322 e. The van der Waals surface area contributed by atoms with Crippen LogP contribution in [0.1, 0.15) is 20.3 Å². The monoisotopic (exact) mass is 285 g/mol. The summed E-state index contributed by atoms with van der Waals surface area (Å²) in [6.45, 7) is 7.57. The lowest BCUT2D eigenvalue weighted by Gasteiger charge is -2.20. The summed E-state index contributed by atoms with van der Waals surface area (Å²) < 4.78 is 4.96. The van der Waals surface area contributed by atoms with Gasteiger partial charge in [-0.2, -0.15) is 15.0 Å². The molecule has 1 saturated heterocycles. The first-order valence-electron chi connectivity index (χ1n) is 6.52. The van der Waals surface area contributed by atoms with Gasteiger partial charge < -0.3 is 15.0 Å². The Bertz CT molecular complexity index is 429. The maximum Gasteiger partial charge on any atom is 0.322 e. The van der Waals surface area contributed by atoms with Gasteiger partial charge >= 0.3 is 6.01 Å². The largest absolute Gasteiger partial charge is 0.467 e. The van der Waals surface area contributed by atoms with Crippen molar-refractivity contribution in [3.63, 3.8) is 0 Å². The van der Waals surface area contributed by atoms with E-state index in [-0.39, 0.29) is 11.3 Å². The first-order valence-corrected chi connectivity index (χ1v) is 6.89. The minimum atomic E-state index is 0.143. The number of halogens is 1. The average molecular weight is 286 g/mol. The fraction of sp³-hybridized carbons (Fsp3) is 0.750. The minimum Gasteiger partial charge on any atom is -0.467 e. The Balaban J connectivity index is 1.87. The van der Waals surface area contributed by atoms with Gasteiger partial charge in [-0.1, -0.05) is 0 Å². The van der Waals surface area contributed by atoms with E-state index in [9.17, 15) is 0 Å². The fourth-order valence-electron chi connectivity index (χ4n) is 2.24. The van der Waals surface area contributed by atoms with Crippen molar-refractivity contribution in [3.05, 3.63) is 5.28 Å². The summed E-state index contributed by atoms with van der Waals surface area (Å²) in [5.41, 5.74) is 0. The van der Waals surface area contributed by atoms with Gasteiger partial charge in [-0.25, -0.2) is 0 Å². The normalized spacial score (nSPS) is 19.9. The van der Waals surface area contributed by atoms with Gasteiger partial charge in [-0.15, -0.1) is 0 Å². The van der Waals surface area contributed by atoms with Crippen LogP contribution in [0.25, 0.3) is 0 Å². The van der Waals surface area contributed by atoms with Crippen LogP contribution >= 0.6 is 11.6 Å². The van der Waals surface area contributed by atoms with Crippen LogP contribution in [0.2, 0.25) is 5.28 Å². The van der Waals surface area contributed by atoms with Gasteiger partial charge in [0.25, 0.3) is 0 Å². The van der Waals surface area contributed by atoms with Crippen LogP contribution in [-0.2, 0) is 0 Å². The van der Waals surface area contributed by atoms with Gasteiger partial charge in [0, 0.05) is 19.1 Å². The number of hydrogen-bond acceptors (Lipinski definition) is 6. The number of methoxy groups -OCH3 is 1. The molecule has 1 aliphatic heterocycles. The molecule has 2 rings (SSSR count). The second-order valence-electron chi connectivity index (χ2n) is 5.04. The molecule has 0 saturated carbocycles. The van der Waals surface area contributed by atoms with Crippen molar-refractivity contribution >= 4 is 17.5 Å². The van der Waals surface area contributed by atoms with E-state index in [1.807, 2.05) is 0 Å². The van der Waals surface area contributed by atoms with E-state index in [2.05, 4.69) is 39.0 Å². The van der Waals surface area contributed by atoms with Gasteiger partial charge in [0.1, 0.15) is 0 Å². The molecule has 19 heavy (non-hydrogen) atoms. The summed E-state index contributed by atoms with van der Waals surface area (Å²) in [6.07, 6.45) is 1.20. The Morgan fingerprint density at radius 2 is 2.21 bits per heavy atom. The Morgan fingerprint density at radius 1 is 1.42 bits per heavy atom. The number of nitrogens with one attached hydrogen (secondary N) is 1. The summed E-state index contributed by atoms with van der Waals surface area (Å²) in [5, 5.41) is 3.35. The molecule has 1 aromatic rings. The van der Waals surface area contributed by atoms with E-state index in [1.54, 1.807) is 0 Å². The standard InChI is InChI=1S/C12H20ClN5O/c1-8(2)18-5-4-9(7-18)6-14-11-15-10(13)16-12(17-11)19-3/h8-9H,4-7H2,1-3H3,(H,14,15,16,17). The lowest BCUT2D eigenvalue weighted by atomic mass is 10.1. The van der Waals surface area contributed by atoms with Gasteiger partial charge in [0.2, 0.25) is 11.2 Å². The molecule has 1 fully saturated rings. The second-order valence-corrected chi connectivity index (χ2v) is 5.38. The lowest BCUT2D eigenvalue weighted by molar-refractivity contribution is 0.266. The third-order valence-corrected chi connectivity index (χ3v) is 3.54. The lowest BCUT2D eigenvalue weighted by Crippen LogP contribution is -2.29. The second kappa shape index (κ2) is 6.34. The van der Waals surface area contributed by atoms with E-state index < -0.39 is 0 Å². The summed E-state index contributed by atoms with van der Waals surface area (Å²) in [6, 6.07) is 0.842. The molecular formula is C12H20ClN5O. The third kappa shape index (κ3) is 3.91. The zero-order valence-corrected chi connectivity index (χ0v) is 12.3. The highest BCUT2D eigenvalue weighted by Gasteiger charge is 2.24. The third-order valence-electron chi connectivity index (χ3n) is 3.37. The molecule has 0 amide bonds. The number of anilines is 1. The van der Waals surface area contributed by atoms with Crippen molar-refractivity contribution in [2.45, 2.75) is 26.3 Å². The number of hydrogen-bond donors (Lipinski definition) is 1. The highest BCUT2D eigenvalue weighted by Crippen LogP contribution is 2.19. The van der Waals surface area contributed by atoms with E-state index in [4.69, 9.17) is 16.3 Å². The van der Waals surface area contributed by atoms with E-state index in [1.165, 1.54) is 13.5 Å². The molecule has 0 radical (unpaired) electrons. The molecule has 1 aromatic heterocycles. The van der Waals surface area contributed by atoms with Crippen LogP contribution in [0.4, 0.5) is 5.95 Å². The van der Waals surface area contributed by atoms with Crippen LogP contribution in [0.5, 0.6) is 6.01 Å². The molecule has 1 atom stereocenters. The van der Waals surface area contributed by atoms with E-state index in [0.717, 1.165) is 19.6 Å². The molecular weight excluding hydrogens is 266 g/mol. The number of aromatic nitrogens is 3. The predicted octanol–water partition coefficient (Wildman–Crippen LogP) is 1.68. The van der Waals surface area contributed by atoms with Gasteiger partial charge in [-0.3, -0.25) is 0 Å². The fourth-order valence-corrected chi connectivity index (χ4v) is 2.39. The molecule has 2 heterocycles. The number of ether oxygens (including phenoxy) is 1.